The summed E-state index contributed by atoms with van der Waals surface area (Å²) in [6.07, 6.45) is 4.51. The molecular formula is C11H15N3O3. The highest BCUT2D eigenvalue weighted by molar-refractivity contribution is 5.91. The highest BCUT2D eigenvalue weighted by Crippen LogP contribution is 1.99. The van der Waals surface area contributed by atoms with Crippen LogP contribution in [0.1, 0.15) is 19.0 Å². The van der Waals surface area contributed by atoms with Gasteiger partial charge in [0.25, 0.3) is 0 Å². The number of rotatable bonds is 5. The van der Waals surface area contributed by atoms with Crippen LogP contribution in [0.25, 0.3) is 6.08 Å². The zero-order chi connectivity index (χ0) is 12.8. The van der Waals surface area contributed by atoms with Gasteiger partial charge in [0.1, 0.15) is 0 Å². The maximum atomic E-state index is 11.4. The first-order chi connectivity index (χ1) is 7.99. The van der Waals surface area contributed by atoms with E-state index in [2.05, 4.69) is 10.4 Å². The molecule has 1 aromatic heterocycles. The van der Waals surface area contributed by atoms with Crippen molar-refractivity contribution in [2.75, 3.05) is 0 Å². The lowest BCUT2D eigenvalue weighted by Gasteiger charge is -2.08. The fourth-order valence-corrected chi connectivity index (χ4v) is 1.31. The van der Waals surface area contributed by atoms with Crippen molar-refractivity contribution in [3.8, 4) is 0 Å². The lowest BCUT2D eigenvalue weighted by molar-refractivity contribution is -0.137. The van der Waals surface area contributed by atoms with E-state index < -0.39 is 12.0 Å². The van der Waals surface area contributed by atoms with Gasteiger partial charge >= 0.3 is 5.97 Å². The van der Waals surface area contributed by atoms with Gasteiger partial charge in [0.2, 0.25) is 5.91 Å². The monoisotopic (exact) mass is 237 g/mol. The van der Waals surface area contributed by atoms with Crippen LogP contribution < -0.4 is 5.32 Å². The predicted molar refractivity (Wildman–Crippen MR) is 62.1 cm³/mol. The van der Waals surface area contributed by atoms with Crippen LogP contribution in [-0.4, -0.2) is 32.8 Å². The van der Waals surface area contributed by atoms with Gasteiger partial charge in [0.15, 0.2) is 0 Å². The summed E-state index contributed by atoms with van der Waals surface area (Å²) < 4.78 is 1.63. The van der Waals surface area contributed by atoms with E-state index in [1.54, 1.807) is 37.0 Å². The van der Waals surface area contributed by atoms with E-state index in [1.165, 1.54) is 6.08 Å². The number of aliphatic carboxylic acids is 1. The topological polar surface area (TPSA) is 84.2 Å². The average Bonchev–Trinajstić information content (AvgIpc) is 2.59. The van der Waals surface area contributed by atoms with Gasteiger partial charge in [0.05, 0.1) is 12.1 Å². The van der Waals surface area contributed by atoms with E-state index in [-0.39, 0.29) is 12.3 Å². The molecule has 0 saturated carbocycles. The van der Waals surface area contributed by atoms with E-state index in [1.807, 2.05) is 0 Å². The molecule has 17 heavy (non-hydrogen) atoms. The smallest absolute Gasteiger partial charge is 0.305 e. The molecule has 1 aromatic rings. The second kappa shape index (κ2) is 5.83. The largest absolute Gasteiger partial charge is 0.481 e. The van der Waals surface area contributed by atoms with Crippen molar-refractivity contribution in [2.45, 2.75) is 19.4 Å². The molecule has 1 heterocycles. The second-order valence-corrected chi connectivity index (χ2v) is 3.72. The second-order valence-electron chi connectivity index (χ2n) is 3.72. The summed E-state index contributed by atoms with van der Waals surface area (Å²) in [6, 6.07) is 1.38. The quantitative estimate of drug-likeness (QED) is 0.726. The molecule has 1 unspecified atom stereocenters. The molecule has 0 aliphatic heterocycles. The fourth-order valence-electron chi connectivity index (χ4n) is 1.31. The zero-order valence-corrected chi connectivity index (χ0v) is 9.75. The first kappa shape index (κ1) is 13.0. The lowest BCUT2D eigenvalue weighted by atomic mass is 10.2. The molecule has 1 amide bonds. The number of carbonyl (C=O) groups excluding carboxylic acids is 1. The van der Waals surface area contributed by atoms with Gasteiger partial charge in [-0.3, -0.25) is 14.3 Å². The number of aryl methyl sites for hydroxylation is 1. The van der Waals surface area contributed by atoms with Crippen molar-refractivity contribution in [3.05, 3.63) is 24.0 Å². The molecule has 1 atom stereocenters. The number of carboxylic acid groups (broad SMARTS) is 1. The number of hydrogen-bond donors (Lipinski definition) is 2. The molecule has 0 bridgehead atoms. The molecule has 0 radical (unpaired) electrons. The SMILES string of the molecule is CC(CC(=O)O)NC(=O)/C=C/c1ccnn1C. The van der Waals surface area contributed by atoms with Gasteiger partial charge in [-0.15, -0.1) is 0 Å². The van der Waals surface area contributed by atoms with Crippen molar-refractivity contribution in [2.24, 2.45) is 7.05 Å². The summed E-state index contributed by atoms with van der Waals surface area (Å²) in [5, 5.41) is 15.0. The minimum absolute atomic E-state index is 0.0920. The maximum Gasteiger partial charge on any atom is 0.305 e. The Morgan fingerprint density at radius 1 is 1.65 bits per heavy atom. The van der Waals surface area contributed by atoms with Crippen LogP contribution >= 0.6 is 0 Å². The Morgan fingerprint density at radius 2 is 2.35 bits per heavy atom. The third-order valence-corrected chi connectivity index (χ3v) is 2.13. The number of carboxylic acids is 1. The number of carbonyl (C=O) groups is 2. The van der Waals surface area contributed by atoms with E-state index in [4.69, 9.17) is 5.11 Å². The Morgan fingerprint density at radius 3 is 2.88 bits per heavy atom. The maximum absolute atomic E-state index is 11.4. The van der Waals surface area contributed by atoms with Gasteiger partial charge in [-0.05, 0) is 19.1 Å². The third kappa shape index (κ3) is 4.50. The van der Waals surface area contributed by atoms with E-state index in [0.717, 1.165) is 5.69 Å². The molecule has 0 spiro atoms. The molecule has 6 heteroatoms. The molecule has 0 fully saturated rings. The number of nitrogens with one attached hydrogen (secondary N) is 1. The Labute approximate surface area is 98.9 Å². The van der Waals surface area contributed by atoms with E-state index in [9.17, 15) is 9.59 Å². The molecular weight excluding hydrogens is 222 g/mol. The normalized spacial score (nSPS) is 12.6. The van der Waals surface area contributed by atoms with Crippen LogP contribution in [0.2, 0.25) is 0 Å². The lowest BCUT2D eigenvalue weighted by Crippen LogP contribution is -2.32. The van der Waals surface area contributed by atoms with Crippen molar-refractivity contribution >= 4 is 18.0 Å². The average molecular weight is 237 g/mol. The number of aromatic nitrogens is 2. The van der Waals surface area contributed by atoms with Gasteiger partial charge < -0.3 is 10.4 Å². The van der Waals surface area contributed by atoms with Crippen molar-refractivity contribution in [3.63, 3.8) is 0 Å². The van der Waals surface area contributed by atoms with Gasteiger partial charge in [0, 0.05) is 25.4 Å². The van der Waals surface area contributed by atoms with Crippen LogP contribution in [0.15, 0.2) is 18.3 Å². The first-order valence-electron chi connectivity index (χ1n) is 5.17. The highest BCUT2D eigenvalue weighted by Gasteiger charge is 2.08. The van der Waals surface area contributed by atoms with Crippen molar-refractivity contribution in [1.82, 2.24) is 15.1 Å². The van der Waals surface area contributed by atoms with Gasteiger partial charge in [-0.1, -0.05) is 0 Å². The van der Waals surface area contributed by atoms with E-state index in [0.29, 0.717) is 0 Å². The highest BCUT2D eigenvalue weighted by atomic mass is 16.4. The third-order valence-electron chi connectivity index (χ3n) is 2.13. The zero-order valence-electron chi connectivity index (χ0n) is 9.75. The number of amides is 1. The Balaban J connectivity index is 2.47. The Kier molecular flexibility index (Phi) is 4.45. The standard InChI is InChI=1S/C11H15N3O3/c1-8(7-11(16)17)13-10(15)4-3-9-5-6-12-14(9)2/h3-6,8H,7H2,1-2H3,(H,13,15)(H,16,17)/b4-3+. The van der Waals surface area contributed by atoms with Crippen LogP contribution in [0.5, 0.6) is 0 Å². The molecule has 0 aliphatic carbocycles. The van der Waals surface area contributed by atoms with Crippen LogP contribution in [0.4, 0.5) is 0 Å². The van der Waals surface area contributed by atoms with Crippen LogP contribution in [0, 0.1) is 0 Å². The van der Waals surface area contributed by atoms with Crippen LogP contribution in [-0.2, 0) is 16.6 Å². The molecule has 0 aliphatic rings. The summed E-state index contributed by atoms with van der Waals surface area (Å²) in [6.45, 7) is 1.64. The molecule has 6 nitrogen and oxygen atoms in total. The minimum atomic E-state index is -0.937. The van der Waals surface area contributed by atoms with Crippen molar-refractivity contribution < 1.29 is 14.7 Å². The molecule has 0 aromatic carbocycles. The van der Waals surface area contributed by atoms with Gasteiger partial charge in [-0.25, -0.2) is 0 Å². The summed E-state index contributed by atoms with van der Waals surface area (Å²) in [7, 11) is 1.77. The Hall–Kier alpha value is -2.11. The summed E-state index contributed by atoms with van der Waals surface area (Å²) >= 11 is 0. The molecule has 92 valence electrons. The minimum Gasteiger partial charge on any atom is -0.481 e. The van der Waals surface area contributed by atoms with Crippen LogP contribution in [0.3, 0.4) is 0 Å². The van der Waals surface area contributed by atoms with Gasteiger partial charge in [-0.2, -0.15) is 5.10 Å². The summed E-state index contributed by atoms with van der Waals surface area (Å²) in [5.74, 6) is -1.26. The number of nitrogens with zero attached hydrogens (tertiary/aromatic N) is 2. The molecule has 0 saturated heterocycles. The summed E-state index contributed by atoms with van der Waals surface area (Å²) in [4.78, 5) is 21.8. The Bertz CT molecular complexity index is 437. The summed E-state index contributed by atoms with van der Waals surface area (Å²) in [5.41, 5.74) is 0.797. The molecule has 1 rings (SSSR count). The predicted octanol–water partition coefficient (Wildman–Crippen LogP) is 0.413. The first-order valence-corrected chi connectivity index (χ1v) is 5.17. The molecule has 2 N–H and O–H groups in total. The number of hydrogen-bond acceptors (Lipinski definition) is 3. The van der Waals surface area contributed by atoms with Crippen molar-refractivity contribution in [1.29, 1.82) is 0 Å². The van der Waals surface area contributed by atoms with E-state index >= 15 is 0 Å². The fraction of sp³-hybridized carbons (Fsp3) is 0.364.